The van der Waals surface area contributed by atoms with E-state index in [0.29, 0.717) is 18.0 Å². The van der Waals surface area contributed by atoms with Gasteiger partial charge in [0, 0.05) is 43.2 Å². The summed E-state index contributed by atoms with van der Waals surface area (Å²) in [6.07, 6.45) is 7.38. The molecular weight excluding hydrogens is 384 g/mol. The van der Waals surface area contributed by atoms with Gasteiger partial charge < -0.3 is 10.2 Å². The van der Waals surface area contributed by atoms with Crippen LogP contribution in [0, 0.1) is 0 Å². The molecule has 0 bridgehead atoms. The summed E-state index contributed by atoms with van der Waals surface area (Å²) < 4.78 is 0. The van der Waals surface area contributed by atoms with Gasteiger partial charge in [0.15, 0.2) is 0 Å². The lowest BCUT2D eigenvalue weighted by Crippen LogP contribution is -2.30. The second-order valence-electron chi connectivity index (χ2n) is 8.48. The van der Waals surface area contributed by atoms with Gasteiger partial charge in [0.1, 0.15) is 0 Å². The van der Waals surface area contributed by atoms with E-state index in [-0.39, 0.29) is 5.91 Å². The number of anilines is 1. The van der Waals surface area contributed by atoms with E-state index in [4.69, 9.17) is 0 Å². The average Bonchev–Trinajstić information content (AvgIpc) is 2.83. The molecule has 0 unspecified atom stereocenters. The van der Waals surface area contributed by atoms with Crippen molar-refractivity contribution >= 4 is 11.9 Å². The molecule has 2 aromatic carbocycles. The van der Waals surface area contributed by atoms with Crippen molar-refractivity contribution in [2.45, 2.75) is 45.6 Å². The van der Waals surface area contributed by atoms with Gasteiger partial charge in [-0.15, -0.1) is 0 Å². The third-order valence-electron chi connectivity index (χ3n) is 5.83. The molecule has 1 aliphatic heterocycles. The number of hydrogen-bond donors (Lipinski definition) is 1. The lowest BCUT2D eigenvalue weighted by molar-refractivity contribution is 0.0951. The van der Waals surface area contributed by atoms with Crippen LogP contribution >= 0.6 is 0 Å². The SMILES string of the molecule is CC(C)c1ccc(CNC(=O)c2cccc(-c3cnc(N4CCCCC4)nc3)c2)cc1. The molecule has 0 atom stereocenters. The minimum atomic E-state index is -0.0827. The fraction of sp³-hybridized carbons (Fsp3) is 0.346. The van der Waals surface area contributed by atoms with Crippen LogP contribution in [0.25, 0.3) is 11.1 Å². The van der Waals surface area contributed by atoms with Crippen LogP contribution in [0.5, 0.6) is 0 Å². The molecule has 4 rings (SSSR count). The Kier molecular flexibility index (Phi) is 6.60. The predicted octanol–water partition coefficient (Wildman–Crippen LogP) is 5.19. The lowest BCUT2D eigenvalue weighted by atomic mass is 10.0. The molecule has 0 saturated carbocycles. The molecule has 1 N–H and O–H groups in total. The van der Waals surface area contributed by atoms with Crippen LogP contribution in [0.4, 0.5) is 5.95 Å². The normalized spacial score (nSPS) is 14.0. The van der Waals surface area contributed by atoms with E-state index < -0.39 is 0 Å². The maximum Gasteiger partial charge on any atom is 0.251 e. The molecular formula is C26H30N4O. The minimum Gasteiger partial charge on any atom is -0.348 e. The van der Waals surface area contributed by atoms with Gasteiger partial charge in [-0.2, -0.15) is 0 Å². The number of nitrogens with one attached hydrogen (secondary N) is 1. The van der Waals surface area contributed by atoms with Gasteiger partial charge in [-0.3, -0.25) is 4.79 Å². The summed E-state index contributed by atoms with van der Waals surface area (Å²) in [5, 5.41) is 3.02. The molecule has 5 nitrogen and oxygen atoms in total. The Balaban J connectivity index is 1.40. The van der Waals surface area contributed by atoms with E-state index >= 15 is 0 Å². The molecule has 0 spiro atoms. The number of piperidine rings is 1. The fourth-order valence-electron chi connectivity index (χ4n) is 3.87. The number of aromatic nitrogens is 2. The molecule has 160 valence electrons. The molecule has 0 aliphatic carbocycles. The Labute approximate surface area is 184 Å². The highest BCUT2D eigenvalue weighted by Crippen LogP contribution is 2.22. The zero-order valence-corrected chi connectivity index (χ0v) is 18.3. The number of nitrogens with zero attached hydrogens (tertiary/aromatic N) is 3. The number of carbonyl (C=O) groups excluding carboxylic acids is 1. The van der Waals surface area contributed by atoms with E-state index in [2.05, 4.69) is 58.3 Å². The molecule has 1 aliphatic rings. The van der Waals surface area contributed by atoms with Crippen molar-refractivity contribution < 1.29 is 4.79 Å². The quantitative estimate of drug-likeness (QED) is 0.603. The molecule has 3 aromatic rings. The fourth-order valence-corrected chi connectivity index (χ4v) is 3.87. The molecule has 2 heterocycles. The van der Waals surface area contributed by atoms with Gasteiger partial charge in [0.2, 0.25) is 5.95 Å². The van der Waals surface area contributed by atoms with Gasteiger partial charge in [-0.05, 0) is 54.0 Å². The van der Waals surface area contributed by atoms with Crippen molar-refractivity contribution in [3.05, 3.63) is 77.6 Å². The van der Waals surface area contributed by atoms with Crippen molar-refractivity contribution in [3.8, 4) is 11.1 Å². The van der Waals surface area contributed by atoms with Gasteiger partial charge in [-0.25, -0.2) is 9.97 Å². The number of carbonyl (C=O) groups is 1. The average molecular weight is 415 g/mol. The summed E-state index contributed by atoms with van der Waals surface area (Å²) >= 11 is 0. The standard InChI is InChI=1S/C26H30N4O/c1-19(2)21-11-9-20(10-12-21)16-27-25(31)23-8-6-7-22(15-23)24-17-28-26(29-18-24)30-13-4-3-5-14-30/h6-12,15,17-19H,3-5,13-14,16H2,1-2H3,(H,27,31). The third kappa shape index (κ3) is 5.29. The highest BCUT2D eigenvalue weighted by atomic mass is 16.1. The second kappa shape index (κ2) is 9.73. The highest BCUT2D eigenvalue weighted by molar-refractivity contribution is 5.95. The van der Waals surface area contributed by atoms with Crippen molar-refractivity contribution in [1.29, 1.82) is 0 Å². The molecule has 0 radical (unpaired) electrons. The predicted molar refractivity (Wildman–Crippen MR) is 125 cm³/mol. The molecule has 1 saturated heterocycles. The largest absolute Gasteiger partial charge is 0.348 e. The summed E-state index contributed by atoms with van der Waals surface area (Å²) in [4.78, 5) is 24.1. The van der Waals surface area contributed by atoms with Gasteiger partial charge in [0.05, 0.1) is 0 Å². The first kappa shape index (κ1) is 21.0. The molecule has 31 heavy (non-hydrogen) atoms. The Morgan fingerprint density at radius 2 is 1.68 bits per heavy atom. The third-order valence-corrected chi connectivity index (χ3v) is 5.83. The number of hydrogen-bond acceptors (Lipinski definition) is 4. The van der Waals surface area contributed by atoms with Crippen molar-refractivity contribution in [2.24, 2.45) is 0 Å². The van der Waals surface area contributed by atoms with Crippen LogP contribution in [0.1, 0.15) is 60.5 Å². The van der Waals surface area contributed by atoms with Crippen LogP contribution < -0.4 is 10.2 Å². The second-order valence-corrected chi connectivity index (χ2v) is 8.48. The number of rotatable bonds is 6. The topological polar surface area (TPSA) is 58.1 Å². The zero-order chi connectivity index (χ0) is 21.6. The van der Waals surface area contributed by atoms with Crippen molar-refractivity contribution in [2.75, 3.05) is 18.0 Å². The zero-order valence-electron chi connectivity index (χ0n) is 18.3. The monoisotopic (exact) mass is 414 g/mol. The van der Waals surface area contributed by atoms with Crippen LogP contribution in [0.15, 0.2) is 60.9 Å². The summed E-state index contributed by atoms with van der Waals surface area (Å²) in [5.41, 5.74) is 4.89. The first-order chi connectivity index (χ1) is 15.1. The van der Waals surface area contributed by atoms with Gasteiger partial charge >= 0.3 is 0 Å². The van der Waals surface area contributed by atoms with Gasteiger partial charge in [-0.1, -0.05) is 50.2 Å². The molecule has 1 amide bonds. The van der Waals surface area contributed by atoms with E-state index in [9.17, 15) is 4.79 Å². The smallest absolute Gasteiger partial charge is 0.251 e. The molecule has 1 fully saturated rings. The number of benzene rings is 2. The molecule has 1 aromatic heterocycles. The Hall–Kier alpha value is -3.21. The van der Waals surface area contributed by atoms with E-state index in [1.165, 1.54) is 24.8 Å². The van der Waals surface area contributed by atoms with Crippen LogP contribution in [-0.4, -0.2) is 29.0 Å². The Bertz CT molecular complexity index is 1010. The summed E-state index contributed by atoms with van der Waals surface area (Å²) in [5.74, 6) is 1.21. The van der Waals surface area contributed by atoms with Crippen molar-refractivity contribution in [1.82, 2.24) is 15.3 Å². The summed E-state index contributed by atoms with van der Waals surface area (Å²) in [6, 6.07) is 16.0. The van der Waals surface area contributed by atoms with E-state index in [1.54, 1.807) is 0 Å². The highest BCUT2D eigenvalue weighted by Gasteiger charge is 2.14. The number of amides is 1. The Morgan fingerprint density at radius 1 is 0.968 bits per heavy atom. The first-order valence-electron chi connectivity index (χ1n) is 11.1. The Morgan fingerprint density at radius 3 is 2.35 bits per heavy atom. The van der Waals surface area contributed by atoms with Gasteiger partial charge in [0.25, 0.3) is 5.91 Å². The molecule has 5 heteroatoms. The van der Waals surface area contributed by atoms with Crippen LogP contribution in [0.3, 0.4) is 0 Å². The van der Waals surface area contributed by atoms with Crippen LogP contribution in [-0.2, 0) is 6.54 Å². The maximum absolute atomic E-state index is 12.7. The summed E-state index contributed by atoms with van der Waals surface area (Å²) in [7, 11) is 0. The van der Waals surface area contributed by atoms with E-state index in [0.717, 1.165) is 35.7 Å². The minimum absolute atomic E-state index is 0.0827. The first-order valence-corrected chi connectivity index (χ1v) is 11.1. The van der Waals surface area contributed by atoms with Crippen molar-refractivity contribution in [3.63, 3.8) is 0 Å². The van der Waals surface area contributed by atoms with E-state index in [1.807, 2.05) is 36.7 Å². The van der Waals surface area contributed by atoms with Crippen LogP contribution in [0.2, 0.25) is 0 Å². The maximum atomic E-state index is 12.7. The lowest BCUT2D eigenvalue weighted by Gasteiger charge is -2.26. The summed E-state index contributed by atoms with van der Waals surface area (Å²) in [6.45, 7) is 6.91.